The van der Waals surface area contributed by atoms with E-state index in [1.807, 2.05) is 10.9 Å². The fourth-order valence-corrected chi connectivity index (χ4v) is 2.07. The summed E-state index contributed by atoms with van der Waals surface area (Å²) in [5.74, 6) is 0. The first kappa shape index (κ1) is 12.5. The van der Waals surface area contributed by atoms with Gasteiger partial charge in [0, 0.05) is 25.9 Å². The molecule has 0 bridgehead atoms. The van der Waals surface area contributed by atoms with Gasteiger partial charge in [-0.15, -0.1) is 5.10 Å². The molecule has 1 atom stereocenters. The van der Waals surface area contributed by atoms with Gasteiger partial charge in [-0.25, -0.2) is 0 Å². The minimum Gasteiger partial charge on any atom is -0.378 e. The standard InChI is InChI=1S/C12H22N4O/c1-2-6-13-9-11-10-16(15-14-11)7-5-12-4-3-8-17-12/h10,12-13H,2-9H2,1H3. The van der Waals surface area contributed by atoms with Crippen molar-refractivity contribution in [2.24, 2.45) is 0 Å². The number of hydrogen-bond donors (Lipinski definition) is 1. The highest BCUT2D eigenvalue weighted by Gasteiger charge is 2.15. The van der Waals surface area contributed by atoms with E-state index in [9.17, 15) is 0 Å². The molecule has 2 rings (SSSR count). The monoisotopic (exact) mass is 238 g/mol. The summed E-state index contributed by atoms with van der Waals surface area (Å²) in [5.41, 5.74) is 1.02. The fourth-order valence-electron chi connectivity index (χ4n) is 2.07. The highest BCUT2D eigenvalue weighted by atomic mass is 16.5. The highest BCUT2D eigenvalue weighted by Crippen LogP contribution is 2.15. The van der Waals surface area contributed by atoms with Gasteiger partial charge in [0.2, 0.25) is 0 Å². The summed E-state index contributed by atoms with van der Waals surface area (Å²) >= 11 is 0. The normalized spacial score (nSPS) is 19.9. The second-order valence-corrected chi connectivity index (χ2v) is 4.57. The average molecular weight is 238 g/mol. The third-order valence-electron chi connectivity index (χ3n) is 3.02. The Kier molecular flexibility index (Phi) is 4.94. The van der Waals surface area contributed by atoms with Crippen molar-refractivity contribution in [1.82, 2.24) is 20.3 Å². The zero-order valence-corrected chi connectivity index (χ0v) is 10.6. The van der Waals surface area contributed by atoms with Crippen LogP contribution in [0.3, 0.4) is 0 Å². The maximum Gasteiger partial charge on any atom is 0.0964 e. The quantitative estimate of drug-likeness (QED) is 0.728. The molecule has 1 N–H and O–H groups in total. The fraction of sp³-hybridized carbons (Fsp3) is 0.833. The first-order chi connectivity index (χ1) is 8.38. The third-order valence-corrected chi connectivity index (χ3v) is 3.02. The van der Waals surface area contributed by atoms with Gasteiger partial charge in [0.1, 0.15) is 0 Å². The van der Waals surface area contributed by atoms with Gasteiger partial charge in [0.05, 0.1) is 11.8 Å². The number of ether oxygens (including phenoxy) is 1. The number of aromatic nitrogens is 3. The molecule has 1 aromatic heterocycles. The second-order valence-electron chi connectivity index (χ2n) is 4.57. The van der Waals surface area contributed by atoms with Crippen LogP contribution in [0.25, 0.3) is 0 Å². The van der Waals surface area contributed by atoms with Crippen LogP contribution in [0.4, 0.5) is 0 Å². The summed E-state index contributed by atoms with van der Waals surface area (Å²) in [4.78, 5) is 0. The van der Waals surface area contributed by atoms with Crippen LogP contribution < -0.4 is 5.32 Å². The Labute approximate surface area is 103 Å². The predicted octanol–water partition coefficient (Wildman–Crippen LogP) is 1.35. The van der Waals surface area contributed by atoms with Crippen LogP contribution in [0, 0.1) is 0 Å². The second kappa shape index (κ2) is 6.71. The van der Waals surface area contributed by atoms with Crippen molar-refractivity contribution >= 4 is 0 Å². The predicted molar refractivity (Wildman–Crippen MR) is 65.6 cm³/mol. The molecule has 1 fully saturated rings. The van der Waals surface area contributed by atoms with Gasteiger partial charge in [0.15, 0.2) is 0 Å². The Hall–Kier alpha value is -0.940. The molecular weight excluding hydrogens is 216 g/mol. The number of rotatable bonds is 7. The Morgan fingerprint density at radius 1 is 1.59 bits per heavy atom. The van der Waals surface area contributed by atoms with E-state index in [1.54, 1.807) is 0 Å². The van der Waals surface area contributed by atoms with Crippen molar-refractivity contribution in [1.29, 1.82) is 0 Å². The van der Waals surface area contributed by atoms with Crippen LogP contribution in [0.15, 0.2) is 6.20 Å². The molecule has 0 aromatic carbocycles. The van der Waals surface area contributed by atoms with E-state index in [4.69, 9.17) is 4.74 Å². The minimum atomic E-state index is 0.431. The van der Waals surface area contributed by atoms with E-state index < -0.39 is 0 Å². The molecule has 0 aliphatic carbocycles. The Bertz CT molecular complexity index is 320. The molecule has 1 unspecified atom stereocenters. The molecule has 0 saturated carbocycles. The lowest BCUT2D eigenvalue weighted by Crippen LogP contribution is -2.14. The van der Waals surface area contributed by atoms with Crippen LogP contribution in [0.5, 0.6) is 0 Å². The zero-order valence-electron chi connectivity index (χ0n) is 10.6. The van der Waals surface area contributed by atoms with Gasteiger partial charge in [-0.3, -0.25) is 4.68 Å². The van der Waals surface area contributed by atoms with Crippen molar-refractivity contribution in [2.45, 2.75) is 51.8 Å². The maximum absolute atomic E-state index is 5.59. The molecule has 2 heterocycles. The van der Waals surface area contributed by atoms with Gasteiger partial charge < -0.3 is 10.1 Å². The van der Waals surface area contributed by atoms with E-state index in [-0.39, 0.29) is 0 Å². The summed E-state index contributed by atoms with van der Waals surface area (Å²) in [7, 11) is 0. The molecule has 1 saturated heterocycles. The topological polar surface area (TPSA) is 52.0 Å². The molecule has 1 aliphatic rings. The largest absolute Gasteiger partial charge is 0.378 e. The van der Waals surface area contributed by atoms with Gasteiger partial charge in [-0.05, 0) is 32.2 Å². The summed E-state index contributed by atoms with van der Waals surface area (Å²) in [5, 5.41) is 11.6. The smallest absolute Gasteiger partial charge is 0.0964 e. The number of nitrogens with zero attached hydrogens (tertiary/aromatic N) is 3. The van der Waals surface area contributed by atoms with Crippen molar-refractivity contribution in [3.05, 3.63) is 11.9 Å². The lowest BCUT2D eigenvalue weighted by atomic mass is 10.2. The Morgan fingerprint density at radius 3 is 3.29 bits per heavy atom. The van der Waals surface area contributed by atoms with Crippen LogP contribution in [-0.2, 0) is 17.8 Å². The lowest BCUT2D eigenvalue weighted by Gasteiger charge is -2.07. The van der Waals surface area contributed by atoms with Crippen LogP contribution in [0.2, 0.25) is 0 Å². The summed E-state index contributed by atoms with van der Waals surface area (Å²) in [6.07, 6.45) is 7.05. The number of nitrogens with one attached hydrogen (secondary N) is 1. The van der Waals surface area contributed by atoms with Crippen LogP contribution >= 0.6 is 0 Å². The van der Waals surface area contributed by atoms with Crippen molar-refractivity contribution < 1.29 is 4.74 Å². The van der Waals surface area contributed by atoms with E-state index in [0.29, 0.717) is 6.10 Å². The first-order valence-electron chi connectivity index (χ1n) is 6.60. The van der Waals surface area contributed by atoms with Crippen molar-refractivity contribution in [3.8, 4) is 0 Å². The minimum absolute atomic E-state index is 0.431. The molecule has 0 radical (unpaired) electrons. The Morgan fingerprint density at radius 2 is 2.53 bits per heavy atom. The van der Waals surface area contributed by atoms with E-state index in [2.05, 4.69) is 22.6 Å². The van der Waals surface area contributed by atoms with Gasteiger partial charge in [-0.2, -0.15) is 0 Å². The molecule has 1 aliphatic heterocycles. The molecule has 5 heteroatoms. The molecule has 0 amide bonds. The number of aryl methyl sites for hydroxylation is 1. The molecule has 1 aromatic rings. The molecule has 96 valence electrons. The van der Waals surface area contributed by atoms with Crippen molar-refractivity contribution in [3.63, 3.8) is 0 Å². The molecule has 0 spiro atoms. The molecule has 5 nitrogen and oxygen atoms in total. The van der Waals surface area contributed by atoms with Crippen LogP contribution in [-0.4, -0.2) is 34.2 Å². The van der Waals surface area contributed by atoms with Gasteiger partial charge in [-0.1, -0.05) is 12.1 Å². The third kappa shape index (κ3) is 4.09. The zero-order chi connectivity index (χ0) is 11.9. The SMILES string of the molecule is CCCNCc1cn(CCC2CCCO2)nn1. The lowest BCUT2D eigenvalue weighted by molar-refractivity contribution is 0.0993. The van der Waals surface area contributed by atoms with E-state index in [0.717, 1.165) is 44.8 Å². The maximum atomic E-state index is 5.59. The van der Waals surface area contributed by atoms with Gasteiger partial charge >= 0.3 is 0 Å². The highest BCUT2D eigenvalue weighted by molar-refractivity contribution is 4.91. The van der Waals surface area contributed by atoms with E-state index in [1.165, 1.54) is 12.8 Å². The Balaban J connectivity index is 1.69. The summed E-state index contributed by atoms with van der Waals surface area (Å²) < 4.78 is 7.51. The number of hydrogen-bond acceptors (Lipinski definition) is 4. The molecular formula is C12H22N4O. The molecule has 17 heavy (non-hydrogen) atoms. The van der Waals surface area contributed by atoms with Crippen molar-refractivity contribution in [2.75, 3.05) is 13.2 Å². The summed E-state index contributed by atoms with van der Waals surface area (Å²) in [6.45, 7) is 5.83. The summed E-state index contributed by atoms with van der Waals surface area (Å²) in [6, 6.07) is 0. The average Bonchev–Trinajstić information content (AvgIpc) is 2.98. The van der Waals surface area contributed by atoms with E-state index >= 15 is 0 Å². The first-order valence-corrected chi connectivity index (χ1v) is 6.60. The van der Waals surface area contributed by atoms with Gasteiger partial charge in [0.25, 0.3) is 0 Å². The van der Waals surface area contributed by atoms with Crippen LogP contribution in [0.1, 0.15) is 38.3 Å².